The molecule has 0 aromatic rings. The van der Waals surface area contributed by atoms with Gasteiger partial charge in [0.05, 0.1) is 5.41 Å². The Morgan fingerprint density at radius 1 is 1.33 bits per heavy atom. The predicted octanol–water partition coefficient (Wildman–Crippen LogP) is 4.59. The maximum atomic E-state index is 12.0. The van der Waals surface area contributed by atoms with Crippen molar-refractivity contribution in [2.75, 3.05) is 13.7 Å². The van der Waals surface area contributed by atoms with E-state index >= 15 is 0 Å². The molecule has 0 spiro atoms. The lowest BCUT2D eigenvalue weighted by Crippen LogP contribution is -2.39. The second-order valence-corrected chi connectivity index (χ2v) is 5.96. The summed E-state index contributed by atoms with van der Waals surface area (Å²) in [6.45, 7) is 4.92. The minimum atomic E-state index is -0.722. The average molecular weight is 294 g/mol. The lowest BCUT2D eigenvalue weighted by molar-refractivity contribution is -0.149. The van der Waals surface area contributed by atoms with Crippen molar-refractivity contribution in [1.29, 1.82) is 0 Å². The van der Waals surface area contributed by atoms with Gasteiger partial charge in [-0.25, -0.2) is 0 Å². The number of carboxylic acid groups (broad SMARTS) is 1. The van der Waals surface area contributed by atoms with Gasteiger partial charge in [0.2, 0.25) is 0 Å². The number of methoxy groups -OCH3 is 1. The van der Waals surface area contributed by atoms with Crippen LogP contribution in [0.3, 0.4) is 0 Å². The van der Waals surface area contributed by atoms with Crippen LogP contribution in [-0.2, 0) is 9.53 Å². The molecule has 0 saturated heterocycles. The molecule has 120 valence electrons. The molecule has 0 bridgehead atoms. The van der Waals surface area contributed by atoms with Crippen molar-refractivity contribution in [2.24, 2.45) is 11.3 Å². The quantitative estimate of drug-likeness (QED) is 0.600. The number of hydrogen-bond donors (Lipinski definition) is 1. The van der Waals surface area contributed by atoms with Crippen LogP contribution in [0.1, 0.15) is 58.8 Å². The van der Waals surface area contributed by atoms with Crippen LogP contribution in [-0.4, -0.2) is 24.8 Å². The van der Waals surface area contributed by atoms with E-state index in [-0.39, 0.29) is 5.92 Å². The highest BCUT2D eigenvalue weighted by atomic mass is 16.5. The molecule has 0 aromatic carbocycles. The Kier molecular flexibility index (Phi) is 7.73. The maximum absolute atomic E-state index is 12.0. The number of carbonyl (C=O) groups is 1. The zero-order chi connectivity index (χ0) is 15.7. The van der Waals surface area contributed by atoms with E-state index in [0.29, 0.717) is 6.61 Å². The smallest absolute Gasteiger partial charge is 0.314 e. The molecule has 2 atom stereocenters. The number of ether oxygens (including phenoxy) is 1. The van der Waals surface area contributed by atoms with Gasteiger partial charge >= 0.3 is 5.97 Å². The van der Waals surface area contributed by atoms with E-state index in [1.165, 1.54) is 18.4 Å². The fourth-order valence-corrected chi connectivity index (χ4v) is 3.44. The number of allylic oxidation sites excluding steroid dienone is 2. The standard InChI is InChI=1S/C18H30O3/c1-4-6-7-8-12-18(17(19)20)13-9-10-15(11-14-21-3)16(18)5-2/h9-10,13,16H,4-8,11-12,14H2,1-3H3,(H,19,20). The zero-order valence-corrected chi connectivity index (χ0v) is 13.7. The summed E-state index contributed by atoms with van der Waals surface area (Å²) in [6.07, 6.45) is 12.8. The first-order chi connectivity index (χ1) is 10.1. The molecule has 1 aliphatic carbocycles. The van der Waals surface area contributed by atoms with E-state index < -0.39 is 11.4 Å². The minimum absolute atomic E-state index is 0.0942. The number of carboxylic acids is 1. The fourth-order valence-electron chi connectivity index (χ4n) is 3.44. The van der Waals surface area contributed by atoms with Crippen LogP contribution in [0.2, 0.25) is 0 Å². The monoisotopic (exact) mass is 294 g/mol. The molecule has 2 unspecified atom stereocenters. The van der Waals surface area contributed by atoms with E-state index in [1.54, 1.807) is 7.11 Å². The van der Waals surface area contributed by atoms with Crippen molar-refractivity contribution in [3.63, 3.8) is 0 Å². The van der Waals surface area contributed by atoms with Crippen molar-refractivity contribution in [1.82, 2.24) is 0 Å². The first kappa shape index (κ1) is 18.0. The van der Waals surface area contributed by atoms with Crippen LogP contribution >= 0.6 is 0 Å². The van der Waals surface area contributed by atoms with Gasteiger partial charge in [-0.2, -0.15) is 0 Å². The number of rotatable bonds is 10. The summed E-state index contributed by atoms with van der Waals surface area (Å²) < 4.78 is 5.17. The van der Waals surface area contributed by atoms with Crippen molar-refractivity contribution in [3.8, 4) is 0 Å². The highest BCUT2D eigenvalue weighted by molar-refractivity contribution is 5.78. The minimum Gasteiger partial charge on any atom is -0.481 e. The average Bonchev–Trinajstić information content (AvgIpc) is 2.49. The first-order valence-electron chi connectivity index (χ1n) is 8.23. The Hall–Kier alpha value is -1.09. The van der Waals surface area contributed by atoms with Crippen molar-refractivity contribution in [3.05, 3.63) is 23.8 Å². The molecule has 1 N–H and O–H groups in total. The van der Waals surface area contributed by atoms with Crippen LogP contribution in [0.15, 0.2) is 23.8 Å². The third-order valence-electron chi connectivity index (χ3n) is 4.62. The molecule has 0 radical (unpaired) electrons. The molecule has 21 heavy (non-hydrogen) atoms. The highest BCUT2D eigenvalue weighted by Gasteiger charge is 2.44. The second kappa shape index (κ2) is 9.04. The molecule has 0 amide bonds. The van der Waals surface area contributed by atoms with Crippen LogP contribution in [0, 0.1) is 11.3 Å². The summed E-state index contributed by atoms with van der Waals surface area (Å²) in [5.41, 5.74) is 0.500. The van der Waals surface area contributed by atoms with Gasteiger partial charge in [0.1, 0.15) is 0 Å². The van der Waals surface area contributed by atoms with Crippen LogP contribution in [0.25, 0.3) is 0 Å². The molecular formula is C18H30O3. The summed E-state index contributed by atoms with van der Waals surface area (Å²) in [5.74, 6) is -0.582. The molecule has 0 aliphatic heterocycles. The van der Waals surface area contributed by atoms with Gasteiger partial charge in [0.25, 0.3) is 0 Å². The van der Waals surface area contributed by atoms with E-state index in [9.17, 15) is 9.90 Å². The third-order valence-corrected chi connectivity index (χ3v) is 4.62. The van der Waals surface area contributed by atoms with Gasteiger partial charge in [0, 0.05) is 13.7 Å². The van der Waals surface area contributed by atoms with E-state index in [0.717, 1.165) is 32.1 Å². The lowest BCUT2D eigenvalue weighted by atomic mass is 9.64. The Labute approximate surface area is 129 Å². The molecule has 0 saturated carbocycles. The molecule has 0 fully saturated rings. The van der Waals surface area contributed by atoms with Gasteiger partial charge in [0.15, 0.2) is 0 Å². The molecule has 1 rings (SSSR count). The van der Waals surface area contributed by atoms with Crippen LogP contribution in [0.5, 0.6) is 0 Å². The normalized spacial score (nSPS) is 24.9. The zero-order valence-electron chi connectivity index (χ0n) is 13.7. The molecule has 3 heteroatoms. The Bertz CT molecular complexity index is 384. The lowest BCUT2D eigenvalue weighted by Gasteiger charge is -2.38. The van der Waals surface area contributed by atoms with Gasteiger partial charge in [-0.15, -0.1) is 0 Å². The van der Waals surface area contributed by atoms with Gasteiger partial charge < -0.3 is 9.84 Å². The van der Waals surface area contributed by atoms with E-state index in [4.69, 9.17) is 4.74 Å². The number of unbranched alkanes of at least 4 members (excludes halogenated alkanes) is 3. The molecule has 1 aliphatic rings. The SMILES string of the molecule is CCCCCCC1(C(=O)O)C=CC=C(CCOC)C1CC. The van der Waals surface area contributed by atoms with Crippen molar-refractivity contribution >= 4 is 5.97 Å². The molecule has 0 aromatic heterocycles. The van der Waals surface area contributed by atoms with Crippen LogP contribution < -0.4 is 0 Å². The summed E-state index contributed by atoms with van der Waals surface area (Å²) in [6, 6.07) is 0. The predicted molar refractivity (Wildman–Crippen MR) is 86.3 cm³/mol. The molecule has 0 heterocycles. The Morgan fingerprint density at radius 3 is 2.67 bits per heavy atom. The van der Waals surface area contributed by atoms with E-state index in [2.05, 4.69) is 19.9 Å². The topological polar surface area (TPSA) is 46.5 Å². The number of aliphatic carboxylic acids is 1. The fraction of sp³-hybridized carbons (Fsp3) is 0.722. The third kappa shape index (κ3) is 4.44. The number of hydrogen-bond acceptors (Lipinski definition) is 2. The Balaban J connectivity index is 2.88. The largest absolute Gasteiger partial charge is 0.481 e. The molecular weight excluding hydrogens is 264 g/mol. The Morgan fingerprint density at radius 2 is 2.10 bits per heavy atom. The van der Waals surface area contributed by atoms with Gasteiger partial charge in [-0.3, -0.25) is 4.79 Å². The summed E-state index contributed by atoms with van der Waals surface area (Å²) in [7, 11) is 1.69. The summed E-state index contributed by atoms with van der Waals surface area (Å²) in [5, 5.41) is 9.88. The van der Waals surface area contributed by atoms with Gasteiger partial charge in [-0.05, 0) is 25.2 Å². The van der Waals surface area contributed by atoms with Gasteiger partial charge in [-0.1, -0.05) is 63.3 Å². The summed E-state index contributed by atoms with van der Waals surface area (Å²) >= 11 is 0. The van der Waals surface area contributed by atoms with E-state index in [1.807, 2.05) is 12.2 Å². The summed E-state index contributed by atoms with van der Waals surface area (Å²) in [4.78, 5) is 12.0. The van der Waals surface area contributed by atoms with Crippen molar-refractivity contribution in [2.45, 2.75) is 58.8 Å². The first-order valence-corrected chi connectivity index (χ1v) is 8.23. The second-order valence-electron chi connectivity index (χ2n) is 5.96. The van der Waals surface area contributed by atoms with Crippen molar-refractivity contribution < 1.29 is 14.6 Å². The van der Waals surface area contributed by atoms with Crippen LogP contribution in [0.4, 0.5) is 0 Å². The maximum Gasteiger partial charge on any atom is 0.314 e. The molecule has 3 nitrogen and oxygen atoms in total. The highest BCUT2D eigenvalue weighted by Crippen LogP contribution is 2.45.